The van der Waals surface area contributed by atoms with E-state index in [9.17, 15) is 14.4 Å². The summed E-state index contributed by atoms with van der Waals surface area (Å²) < 4.78 is 11.7. The Morgan fingerprint density at radius 3 is 2.43 bits per heavy atom. The lowest BCUT2D eigenvalue weighted by molar-refractivity contribution is -0.133. The third-order valence-corrected chi connectivity index (χ3v) is 3.90. The van der Waals surface area contributed by atoms with Gasteiger partial charge in [0.15, 0.2) is 0 Å². The molecule has 2 aromatic carbocycles. The zero-order valence-corrected chi connectivity index (χ0v) is 16.2. The fraction of sp³-hybridized carbons (Fsp3) is 0.143. The number of rotatable bonds is 7. The van der Waals surface area contributed by atoms with Crippen LogP contribution in [-0.2, 0) is 23.2 Å². The van der Waals surface area contributed by atoms with Crippen molar-refractivity contribution in [3.05, 3.63) is 78.1 Å². The van der Waals surface area contributed by atoms with Crippen molar-refractivity contribution < 1.29 is 23.9 Å². The number of benzene rings is 2. The number of anilines is 1. The van der Waals surface area contributed by atoms with Gasteiger partial charge < -0.3 is 20.1 Å². The molecule has 0 radical (unpaired) electrons. The summed E-state index contributed by atoms with van der Waals surface area (Å²) in [7, 11) is 1.72. The van der Waals surface area contributed by atoms with Crippen LogP contribution in [0.25, 0.3) is 0 Å². The highest BCUT2D eigenvalue weighted by Crippen LogP contribution is 2.16. The van der Waals surface area contributed by atoms with E-state index in [1.165, 1.54) is 23.0 Å². The Kier molecular flexibility index (Phi) is 6.78. The maximum absolute atomic E-state index is 12.1. The number of aromatic nitrogens is 2. The monoisotopic (exact) mass is 408 g/mol. The molecule has 3 aromatic rings. The summed E-state index contributed by atoms with van der Waals surface area (Å²) in [6.07, 6.45) is 2.34. The van der Waals surface area contributed by atoms with Crippen molar-refractivity contribution in [3.8, 4) is 5.75 Å². The minimum Gasteiger partial charge on any atom is -0.445 e. The third-order valence-electron chi connectivity index (χ3n) is 3.90. The van der Waals surface area contributed by atoms with Crippen LogP contribution in [0.1, 0.15) is 15.9 Å². The summed E-state index contributed by atoms with van der Waals surface area (Å²) in [5.74, 6) is -0.677. The third kappa shape index (κ3) is 6.20. The molecule has 2 amide bonds. The van der Waals surface area contributed by atoms with Crippen molar-refractivity contribution >= 4 is 23.7 Å². The second-order valence-corrected chi connectivity index (χ2v) is 6.27. The molecule has 0 saturated carbocycles. The Balaban J connectivity index is 1.40. The van der Waals surface area contributed by atoms with Gasteiger partial charge in [0.25, 0.3) is 5.91 Å². The van der Waals surface area contributed by atoms with Gasteiger partial charge in [0.2, 0.25) is 0 Å². The predicted molar refractivity (Wildman–Crippen MR) is 108 cm³/mol. The number of aryl methyl sites for hydroxylation is 1. The van der Waals surface area contributed by atoms with Gasteiger partial charge in [0, 0.05) is 18.9 Å². The van der Waals surface area contributed by atoms with Crippen molar-refractivity contribution in [2.75, 3.05) is 11.9 Å². The summed E-state index contributed by atoms with van der Waals surface area (Å²) in [5, 5.41) is 8.99. The Labute approximate surface area is 172 Å². The van der Waals surface area contributed by atoms with Crippen LogP contribution in [-0.4, -0.2) is 34.3 Å². The predicted octanol–water partition coefficient (Wildman–Crippen LogP) is 2.50. The minimum atomic E-state index is -0.718. The highest BCUT2D eigenvalue weighted by atomic mass is 16.6. The van der Waals surface area contributed by atoms with Gasteiger partial charge in [0.1, 0.15) is 18.9 Å². The van der Waals surface area contributed by atoms with Crippen LogP contribution < -0.4 is 15.4 Å². The van der Waals surface area contributed by atoms with E-state index in [1.807, 2.05) is 30.3 Å². The summed E-state index contributed by atoms with van der Waals surface area (Å²) in [6, 6.07) is 15.4. The minimum absolute atomic E-state index is 0.105. The van der Waals surface area contributed by atoms with E-state index in [0.717, 1.165) is 5.56 Å². The molecule has 1 aromatic heterocycles. The first-order chi connectivity index (χ1) is 14.5. The van der Waals surface area contributed by atoms with Crippen LogP contribution in [0, 0.1) is 0 Å². The maximum Gasteiger partial charge on any atom is 0.407 e. The smallest absolute Gasteiger partial charge is 0.407 e. The molecule has 0 unspecified atom stereocenters. The van der Waals surface area contributed by atoms with Gasteiger partial charge in [-0.2, -0.15) is 5.10 Å². The molecule has 9 nitrogen and oxygen atoms in total. The van der Waals surface area contributed by atoms with Gasteiger partial charge in [-0.25, -0.2) is 9.59 Å². The van der Waals surface area contributed by atoms with Gasteiger partial charge in [-0.15, -0.1) is 0 Å². The molecule has 1 heterocycles. The lowest BCUT2D eigenvalue weighted by Crippen LogP contribution is -2.32. The summed E-state index contributed by atoms with van der Waals surface area (Å²) in [4.78, 5) is 35.6. The molecule has 154 valence electrons. The molecule has 3 rings (SSSR count). The highest BCUT2D eigenvalue weighted by Gasteiger charge is 2.10. The number of carbonyl (C=O) groups excluding carboxylic acids is 3. The molecule has 0 saturated heterocycles. The van der Waals surface area contributed by atoms with Crippen LogP contribution in [0.5, 0.6) is 5.75 Å². The number of amides is 2. The van der Waals surface area contributed by atoms with E-state index in [4.69, 9.17) is 9.47 Å². The Morgan fingerprint density at radius 1 is 1.03 bits per heavy atom. The number of alkyl carbamates (subject to hydrolysis) is 1. The average molecular weight is 408 g/mol. The van der Waals surface area contributed by atoms with Gasteiger partial charge in [0.05, 0.1) is 11.8 Å². The van der Waals surface area contributed by atoms with E-state index in [2.05, 4.69) is 15.7 Å². The summed E-state index contributed by atoms with van der Waals surface area (Å²) in [6.45, 7) is -0.235. The quantitative estimate of drug-likeness (QED) is 0.459. The van der Waals surface area contributed by atoms with Crippen LogP contribution in [0.15, 0.2) is 67.0 Å². The molecule has 0 atom stereocenters. The lowest BCUT2D eigenvalue weighted by Gasteiger charge is -2.08. The summed E-state index contributed by atoms with van der Waals surface area (Å²) in [5.41, 5.74) is 1.80. The fourth-order valence-corrected chi connectivity index (χ4v) is 2.43. The zero-order chi connectivity index (χ0) is 21.3. The molecule has 9 heteroatoms. The summed E-state index contributed by atoms with van der Waals surface area (Å²) >= 11 is 0. The SMILES string of the molecule is Cn1cc(C(=O)Nc2ccc(OC(=O)CNC(=O)OCc3ccccc3)cc2)cn1. The topological polar surface area (TPSA) is 112 Å². The van der Waals surface area contributed by atoms with E-state index < -0.39 is 12.1 Å². The standard InChI is InChI=1S/C21H20N4O5/c1-25-13-16(11-23-25)20(27)24-17-7-9-18(10-8-17)30-19(26)12-22-21(28)29-14-15-5-3-2-4-6-15/h2-11,13H,12,14H2,1H3,(H,22,28)(H,24,27). The Morgan fingerprint density at radius 2 is 1.77 bits per heavy atom. The van der Waals surface area contributed by atoms with E-state index in [-0.39, 0.29) is 24.8 Å². The van der Waals surface area contributed by atoms with Crippen molar-refractivity contribution in [2.45, 2.75) is 6.61 Å². The number of hydrogen-bond donors (Lipinski definition) is 2. The van der Waals surface area contributed by atoms with Crippen LogP contribution in [0.3, 0.4) is 0 Å². The van der Waals surface area contributed by atoms with Crippen molar-refractivity contribution in [2.24, 2.45) is 7.05 Å². The Hall–Kier alpha value is -4.14. The highest BCUT2D eigenvalue weighted by molar-refractivity contribution is 6.03. The number of ether oxygens (including phenoxy) is 2. The van der Waals surface area contributed by atoms with E-state index in [0.29, 0.717) is 11.3 Å². The number of hydrogen-bond acceptors (Lipinski definition) is 6. The Bertz CT molecular complexity index is 1020. The molecular weight excluding hydrogens is 388 g/mol. The number of esters is 1. The van der Waals surface area contributed by atoms with E-state index >= 15 is 0 Å². The fourth-order valence-electron chi connectivity index (χ4n) is 2.43. The molecule has 30 heavy (non-hydrogen) atoms. The molecule has 0 bridgehead atoms. The molecule has 0 spiro atoms. The van der Waals surface area contributed by atoms with Gasteiger partial charge in [-0.3, -0.25) is 9.48 Å². The number of carbonyl (C=O) groups is 3. The molecule has 0 aliphatic carbocycles. The van der Waals surface area contributed by atoms with Crippen molar-refractivity contribution in [1.82, 2.24) is 15.1 Å². The molecular formula is C21H20N4O5. The average Bonchev–Trinajstić information content (AvgIpc) is 3.19. The largest absolute Gasteiger partial charge is 0.445 e. The van der Waals surface area contributed by atoms with Crippen LogP contribution in [0.2, 0.25) is 0 Å². The lowest BCUT2D eigenvalue weighted by atomic mass is 10.2. The normalized spacial score (nSPS) is 10.2. The first kappa shape index (κ1) is 20.6. The van der Waals surface area contributed by atoms with Crippen molar-refractivity contribution in [3.63, 3.8) is 0 Å². The first-order valence-electron chi connectivity index (χ1n) is 9.05. The number of nitrogens with zero attached hydrogens (tertiary/aromatic N) is 2. The van der Waals surface area contributed by atoms with Crippen molar-refractivity contribution in [1.29, 1.82) is 0 Å². The molecule has 2 N–H and O–H groups in total. The van der Waals surface area contributed by atoms with Gasteiger partial charge in [-0.1, -0.05) is 30.3 Å². The van der Waals surface area contributed by atoms with Crippen LogP contribution in [0.4, 0.5) is 10.5 Å². The second kappa shape index (κ2) is 9.87. The first-order valence-corrected chi connectivity index (χ1v) is 9.05. The molecule has 0 aliphatic heterocycles. The molecule has 0 fully saturated rings. The zero-order valence-electron chi connectivity index (χ0n) is 16.2. The maximum atomic E-state index is 12.1. The molecule has 0 aliphatic rings. The van der Waals surface area contributed by atoms with Gasteiger partial charge in [-0.05, 0) is 29.8 Å². The van der Waals surface area contributed by atoms with Crippen LogP contribution >= 0.6 is 0 Å². The number of nitrogens with one attached hydrogen (secondary N) is 2. The second-order valence-electron chi connectivity index (χ2n) is 6.27. The van der Waals surface area contributed by atoms with Gasteiger partial charge >= 0.3 is 12.1 Å². The van der Waals surface area contributed by atoms with E-state index in [1.54, 1.807) is 25.4 Å².